The van der Waals surface area contributed by atoms with Crippen molar-refractivity contribution >= 4 is 51.9 Å². The molecule has 2 aliphatic rings. The number of hydrogen-bond acceptors (Lipinski definition) is 7. The van der Waals surface area contributed by atoms with E-state index in [1.807, 2.05) is 6.92 Å². The summed E-state index contributed by atoms with van der Waals surface area (Å²) in [6.07, 6.45) is 9.03. The first-order valence-corrected chi connectivity index (χ1v) is 14.3. The number of likely N-dealkylation sites (tertiary alicyclic amines) is 1. The maximum absolute atomic E-state index is 9.12. The molecule has 10 heteroatoms. The van der Waals surface area contributed by atoms with Gasteiger partial charge < -0.3 is 19.9 Å². The number of aliphatic hydroxyl groups excluding tert-OH is 1. The van der Waals surface area contributed by atoms with Gasteiger partial charge in [0.2, 0.25) is 11.9 Å². The second kappa shape index (κ2) is 12.2. The fraction of sp³-hybridized carbons (Fsp3) is 0.593. The van der Waals surface area contributed by atoms with Crippen LogP contribution in [0, 0.1) is 18.8 Å². The van der Waals surface area contributed by atoms with Gasteiger partial charge in [0.05, 0.1) is 27.7 Å². The molecule has 200 valence electrons. The van der Waals surface area contributed by atoms with E-state index < -0.39 is 0 Å². The van der Waals surface area contributed by atoms with E-state index in [1.54, 1.807) is 12.1 Å². The van der Waals surface area contributed by atoms with Crippen LogP contribution < -0.4 is 10.2 Å². The van der Waals surface area contributed by atoms with E-state index in [4.69, 9.17) is 33.3 Å². The maximum atomic E-state index is 9.12. The number of fused-ring (bicyclic) bond motifs is 1. The highest BCUT2D eigenvalue weighted by molar-refractivity contribution is 6.42. The van der Waals surface area contributed by atoms with Crippen LogP contribution in [0.15, 0.2) is 18.2 Å². The molecule has 0 saturated carbocycles. The third-order valence-corrected chi connectivity index (χ3v) is 8.60. The zero-order valence-corrected chi connectivity index (χ0v) is 23.0. The lowest BCUT2D eigenvalue weighted by molar-refractivity contribution is 0.142. The van der Waals surface area contributed by atoms with Crippen molar-refractivity contribution in [3.63, 3.8) is 0 Å². The van der Waals surface area contributed by atoms with Crippen LogP contribution >= 0.6 is 23.2 Å². The van der Waals surface area contributed by atoms with Crippen LogP contribution in [-0.4, -0.2) is 69.3 Å². The van der Waals surface area contributed by atoms with Crippen LogP contribution in [0.2, 0.25) is 10.0 Å². The number of aromatic nitrogens is 4. The van der Waals surface area contributed by atoms with Crippen molar-refractivity contribution in [1.29, 1.82) is 0 Å². The summed E-state index contributed by atoms with van der Waals surface area (Å²) in [7, 11) is 0. The highest BCUT2D eigenvalue weighted by Gasteiger charge is 2.23. The van der Waals surface area contributed by atoms with Crippen molar-refractivity contribution < 1.29 is 5.11 Å². The Labute approximate surface area is 228 Å². The summed E-state index contributed by atoms with van der Waals surface area (Å²) in [6, 6.07) is 5.58. The number of anilines is 3. The lowest BCUT2D eigenvalue weighted by Crippen LogP contribution is -2.36. The minimum Gasteiger partial charge on any atom is -0.395 e. The van der Waals surface area contributed by atoms with Gasteiger partial charge in [0, 0.05) is 31.4 Å². The molecule has 2 aliphatic heterocycles. The van der Waals surface area contributed by atoms with Gasteiger partial charge in [-0.15, -0.1) is 0 Å². The number of rotatable bonds is 9. The van der Waals surface area contributed by atoms with E-state index in [0.29, 0.717) is 21.9 Å². The number of aliphatic hydroxyl groups is 1. The number of β-amino-alcohol motifs (C(OH)–C–C–N with tert-alkyl or cyclic N) is 1. The van der Waals surface area contributed by atoms with E-state index in [0.717, 1.165) is 67.1 Å². The van der Waals surface area contributed by atoms with E-state index in [2.05, 4.69) is 36.1 Å². The molecule has 0 aliphatic carbocycles. The molecule has 0 spiro atoms. The second-order valence-corrected chi connectivity index (χ2v) is 11.4. The first-order valence-electron chi connectivity index (χ1n) is 13.5. The molecule has 0 radical (unpaired) electrons. The van der Waals surface area contributed by atoms with E-state index in [-0.39, 0.29) is 6.61 Å². The first-order chi connectivity index (χ1) is 18.0. The summed E-state index contributed by atoms with van der Waals surface area (Å²) >= 11 is 12.3. The highest BCUT2D eigenvalue weighted by atomic mass is 35.5. The number of halogens is 2. The normalized spacial score (nSPS) is 18.1. The van der Waals surface area contributed by atoms with Crippen molar-refractivity contribution in [2.24, 2.45) is 11.8 Å². The fourth-order valence-electron chi connectivity index (χ4n) is 5.73. The van der Waals surface area contributed by atoms with Crippen LogP contribution in [0.4, 0.5) is 17.7 Å². The summed E-state index contributed by atoms with van der Waals surface area (Å²) in [6.45, 7) is 7.47. The van der Waals surface area contributed by atoms with Gasteiger partial charge in [-0.25, -0.2) is 9.97 Å². The molecule has 8 nitrogen and oxygen atoms in total. The molecule has 2 saturated heterocycles. The quantitative estimate of drug-likeness (QED) is 0.312. The smallest absolute Gasteiger partial charge is 0.231 e. The van der Waals surface area contributed by atoms with E-state index >= 15 is 0 Å². The Morgan fingerprint density at radius 2 is 1.62 bits per heavy atom. The molecule has 1 aromatic carbocycles. The molecule has 0 amide bonds. The third-order valence-electron chi connectivity index (χ3n) is 7.88. The Kier molecular flexibility index (Phi) is 8.70. The number of H-pyrrole nitrogens is 1. The number of nitrogens with one attached hydrogen (secondary N) is 2. The van der Waals surface area contributed by atoms with Crippen molar-refractivity contribution in [3.8, 4) is 0 Å². The molecule has 0 bridgehead atoms. The van der Waals surface area contributed by atoms with Crippen molar-refractivity contribution in [2.45, 2.75) is 51.9 Å². The summed E-state index contributed by atoms with van der Waals surface area (Å²) < 4.78 is 0. The van der Waals surface area contributed by atoms with Gasteiger partial charge in [-0.3, -0.25) is 5.32 Å². The van der Waals surface area contributed by atoms with Crippen LogP contribution in [0.1, 0.15) is 50.6 Å². The SMILES string of the molecule is Cc1cc(N2CCC(CCCC3CCN(CCO)CC3)CC2)nc(Nc2nc3cc(Cl)c(Cl)cc3[nH]2)n1. The summed E-state index contributed by atoms with van der Waals surface area (Å²) in [5, 5.41) is 13.3. The minimum atomic E-state index is 0.280. The van der Waals surface area contributed by atoms with Gasteiger partial charge in [0.15, 0.2) is 0 Å². The largest absolute Gasteiger partial charge is 0.395 e. The predicted molar refractivity (Wildman–Crippen MR) is 151 cm³/mol. The molecule has 0 atom stereocenters. The number of piperidine rings is 2. The van der Waals surface area contributed by atoms with Gasteiger partial charge in [0.1, 0.15) is 5.82 Å². The Hall–Kier alpha value is -2.13. The third kappa shape index (κ3) is 6.85. The molecule has 3 N–H and O–H groups in total. The molecule has 2 aromatic heterocycles. The van der Waals surface area contributed by atoms with Crippen LogP contribution in [0.3, 0.4) is 0 Å². The molecule has 5 rings (SSSR count). The molecular weight excluding hydrogens is 509 g/mol. The predicted octanol–water partition coefficient (Wildman–Crippen LogP) is 5.80. The Bertz CT molecular complexity index is 1150. The molecule has 37 heavy (non-hydrogen) atoms. The lowest BCUT2D eigenvalue weighted by Gasteiger charge is -2.34. The van der Waals surface area contributed by atoms with Gasteiger partial charge in [-0.1, -0.05) is 42.5 Å². The van der Waals surface area contributed by atoms with Crippen molar-refractivity contribution in [2.75, 3.05) is 49.5 Å². The van der Waals surface area contributed by atoms with Crippen molar-refractivity contribution in [3.05, 3.63) is 33.9 Å². The lowest BCUT2D eigenvalue weighted by atomic mass is 9.87. The monoisotopic (exact) mass is 545 g/mol. The summed E-state index contributed by atoms with van der Waals surface area (Å²) in [5.74, 6) is 3.72. The average molecular weight is 547 g/mol. The van der Waals surface area contributed by atoms with E-state index in [9.17, 15) is 0 Å². The number of aryl methyl sites for hydroxylation is 1. The first kappa shape index (κ1) is 26.5. The number of imidazole rings is 1. The van der Waals surface area contributed by atoms with Crippen molar-refractivity contribution in [1.82, 2.24) is 24.8 Å². The number of aromatic amines is 1. The van der Waals surface area contributed by atoms with Crippen LogP contribution in [0.25, 0.3) is 11.0 Å². The highest BCUT2D eigenvalue weighted by Crippen LogP contribution is 2.30. The molecule has 2 fully saturated rings. The van der Waals surface area contributed by atoms with Crippen LogP contribution in [-0.2, 0) is 0 Å². The standard InChI is InChI=1S/C27H37Cl2N7O/c1-18-15-25(33-26(30-18)34-27-31-23-16-21(28)22(29)17-24(23)32-27)36-11-7-20(8-12-36)4-2-3-19-5-9-35(10-6-19)13-14-37/h15-17,19-20,37H,2-14H2,1H3,(H2,30,31,32,33,34). The zero-order chi connectivity index (χ0) is 25.8. The summed E-state index contributed by atoms with van der Waals surface area (Å²) in [5.41, 5.74) is 2.46. The van der Waals surface area contributed by atoms with Gasteiger partial charge in [0.25, 0.3) is 0 Å². The van der Waals surface area contributed by atoms with E-state index in [1.165, 1.54) is 44.9 Å². The maximum Gasteiger partial charge on any atom is 0.231 e. The van der Waals surface area contributed by atoms with Crippen LogP contribution in [0.5, 0.6) is 0 Å². The van der Waals surface area contributed by atoms with Gasteiger partial charge in [-0.05, 0) is 69.7 Å². The van der Waals surface area contributed by atoms with Gasteiger partial charge >= 0.3 is 0 Å². The molecule has 4 heterocycles. The van der Waals surface area contributed by atoms with Gasteiger partial charge in [-0.2, -0.15) is 4.98 Å². The molecule has 0 unspecified atom stereocenters. The molecular formula is C27H37Cl2N7O. The Morgan fingerprint density at radius 3 is 2.32 bits per heavy atom. The fourth-order valence-corrected chi connectivity index (χ4v) is 6.05. The average Bonchev–Trinajstić information content (AvgIpc) is 3.26. The Balaban J connectivity index is 1.11. The number of nitrogens with zero attached hydrogens (tertiary/aromatic N) is 5. The topological polar surface area (TPSA) is 93.2 Å². The summed E-state index contributed by atoms with van der Waals surface area (Å²) in [4.78, 5) is 21.9. The number of benzene rings is 1. The number of hydrogen-bond donors (Lipinski definition) is 3. The minimum absolute atomic E-state index is 0.280. The zero-order valence-electron chi connectivity index (χ0n) is 21.5. The second-order valence-electron chi connectivity index (χ2n) is 10.6. The Morgan fingerprint density at radius 1 is 0.946 bits per heavy atom. The molecule has 3 aromatic rings.